The Morgan fingerprint density at radius 1 is 1.38 bits per heavy atom. The Labute approximate surface area is 145 Å². The average Bonchev–Trinajstić information content (AvgIpc) is 2.60. The quantitative estimate of drug-likeness (QED) is 0.720. The van der Waals surface area contributed by atoms with Crippen molar-refractivity contribution in [2.75, 3.05) is 26.2 Å². The zero-order valence-electron chi connectivity index (χ0n) is 14.7. The van der Waals surface area contributed by atoms with E-state index in [4.69, 9.17) is 0 Å². The molecular formula is C20H30N2O2. The molecule has 2 atom stereocenters. The molecule has 1 aromatic carbocycles. The molecular weight excluding hydrogens is 300 g/mol. The Hall–Kier alpha value is -1.65. The highest BCUT2D eigenvalue weighted by Gasteiger charge is 2.19. The molecule has 2 unspecified atom stereocenters. The minimum absolute atomic E-state index is 0.00641. The van der Waals surface area contributed by atoms with Crippen LogP contribution in [0.1, 0.15) is 37.7 Å². The molecule has 1 aliphatic rings. The van der Waals surface area contributed by atoms with E-state index in [0.29, 0.717) is 19.5 Å². The first-order chi connectivity index (χ1) is 11.6. The van der Waals surface area contributed by atoms with Gasteiger partial charge in [0.05, 0.1) is 6.10 Å². The molecule has 2 rings (SSSR count). The Morgan fingerprint density at radius 2 is 2.04 bits per heavy atom. The Morgan fingerprint density at radius 3 is 2.67 bits per heavy atom. The first kappa shape index (κ1) is 18.7. The topological polar surface area (TPSA) is 52.6 Å². The van der Waals surface area contributed by atoms with Gasteiger partial charge >= 0.3 is 0 Å². The van der Waals surface area contributed by atoms with Crippen molar-refractivity contribution in [3.63, 3.8) is 0 Å². The molecule has 0 aromatic heterocycles. The summed E-state index contributed by atoms with van der Waals surface area (Å²) < 4.78 is 0. The molecule has 0 spiro atoms. The molecule has 1 aromatic rings. The van der Waals surface area contributed by atoms with E-state index in [0.717, 1.165) is 24.6 Å². The van der Waals surface area contributed by atoms with Gasteiger partial charge in [0.1, 0.15) is 0 Å². The van der Waals surface area contributed by atoms with Crippen LogP contribution >= 0.6 is 0 Å². The average molecular weight is 330 g/mol. The molecule has 0 bridgehead atoms. The predicted molar refractivity (Wildman–Crippen MR) is 97.9 cm³/mol. The summed E-state index contributed by atoms with van der Waals surface area (Å²) in [6.07, 6.45) is 4.04. The van der Waals surface area contributed by atoms with Crippen molar-refractivity contribution in [3.05, 3.63) is 48.6 Å². The molecule has 0 saturated carbocycles. The van der Waals surface area contributed by atoms with Crippen molar-refractivity contribution in [2.24, 2.45) is 5.92 Å². The third-order valence-electron chi connectivity index (χ3n) is 4.80. The van der Waals surface area contributed by atoms with Crippen molar-refractivity contribution in [1.29, 1.82) is 0 Å². The summed E-state index contributed by atoms with van der Waals surface area (Å²) in [5.74, 6) is 0.744. The number of aliphatic hydroxyl groups excluding tert-OH is 1. The van der Waals surface area contributed by atoms with Crippen molar-refractivity contribution in [3.8, 4) is 0 Å². The molecule has 1 aliphatic heterocycles. The van der Waals surface area contributed by atoms with E-state index in [1.807, 2.05) is 30.3 Å². The van der Waals surface area contributed by atoms with Crippen molar-refractivity contribution in [1.82, 2.24) is 10.2 Å². The molecule has 4 nitrogen and oxygen atoms in total. The number of nitrogens with zero attached hydrogens (tertiary/aromatic N) is 1. The number of benzene rings is 1. The molecule has 132 valence electrons. The lowest BCUT2D eigenvalue weighted by Gasteiger charge is -2.31. The van der Waals surface area contributed by atoms with Gasteiger partial charge < -0.3 is 15.3 Å². The highest BCUT2D eigenvalue weighted by atomic mass is 16.3. The van der Waals surface area contributed by atoms with Crippen LogP contribution < -0.4 is 5.32 Å². The van der Waals surface area contributed by atoms with E-state index < -0.39 is 6.10 Å². The van der Waals surface area contributed by atoms with Crippen LogP contribution in [0.15, 0.2) is 43.0 Å². The largest absolute Gasteiger partial charge is 0.390 e. The van der Waals surface area contributed by atoms with Crippen molar-refractivity contribution < 1.29 is 9.90 Å². The van der Waals surface area contributed by atoms with Crippen LogP contribution in [0.4, 0.5) is 0 Å². The molecule has 2 N–H and O–H groups in total. The fraction of sp³-hybridized carbons (Fsp3) is 0.550. The smallest absolute Gasteiger partial charge is 0.221 e. The second-order valence-electron chi connectivity index (χ2n) is 6.90. The van der Waals surface area contributed by atoms with Crippen LogP contribution in [0, 0.1) is 5.92 Å². The summed E-state index contributed by atoms with van der Waals surface area (Å²) in [6.45, 7) is 9.13. The van der Waals surface area contributed by atoms with Crippen molar-refractivity contribution >= 4 is 5.91 Å². The van der Waals surface area contributed by atoms with Gasteiger partial charge in [-0.1, -0.05) is 43.3 Å². The highest BCUT2D eigenvalue weighted by molar-refractivity contribution is 5.77. The second kappa shape index (κ2) is 9.60. The number of β-amino-alcohol motifs (C(OH)–C–C–N with tert-alkyl or cyclic N) is 1. The molecule has 0 radical (unpaired) electrons. The van der Waals surface area contributed by atoms with Crippen LogP contribution in [0.2, 0.25) is 0 Å². The Balaban J connectivity index is 1.71. The maximum Gasteiger partial charge on any atom is 0.221 e. The number of nitrogens with one attached hydrogen (secondary N) is 1. The van der Waals surface area contributed by atoms with Crippen molar-refractivity contribution in [2.45, 2.75) is 38.2 Å². The van der Waals surface area contributed by atoms with Gasteiger partial charge in [0.25, 0.3) is 0 Å². The van der Waals surface area contributed by atoms with Crippen LogP contribution in [0.3, 0.4) is 0 Å². The Kier molecular flexibility index (Phi) is 7.47. The van der Waals surface area contributed by atoms with E-state index in [9.17, 15) is 9.90 Å². The van der Waals surface area contributed by atoms with Gasteiger partial charge in [0, 0.05) is 25.4 Å². The van der Waals surface area contributed by atoms with Gasteiger partial charge in [-0.3, -0.25) is 4.79 Å². The normalized spacial score (nSPS) is 18.8. The molecule has 0 aliphatic carbocycles. The molecule has 1 saturated heterocycles. The van der Waals surface area contributed by atoms with E-state index in [2.05, 4.69) is 23.7 Å². The summed E-state index contributed by atoms with van der Waals surface area (Å²) in [7, 11) is 0. The SMILES string of the molecule is C=CC(CC(=O)NCC(O)CN1CCC(C)CC1)c1ccccc1. The fourth-order valence-corrected chi connectivity index (χ4v) is 3.15. The number of carbonyl (C=O) groups is 1. The number of likely N-dealkylation sites (tertiary alicyclic amines) is 1. The lowest BCUT2D eigenvalue weighted by molar-refractivity contribution is -0.121. The van der Waals surface area contributed by atoms with Crippen LogP contribution in [-0.2, 0) is 4.79 Å². The number of aliphatic hydroxyl groups is 1. The van der Waals surface area contributed by atoms with Gasteiger partial charge in [-0.15, -0.1) is 6.58 Å². The zero-order chi connectivity index (χ0) is 17.4. The van der Waals surface area contributed by atoms with Crippen LogP contribution in [0.25, 0.3) is 0 Å². The summed E-state index contributed by atoms with van der Waals surface area (Å²) >= 11 is 0. The van der Waals surface area contributed by atoms with E-state index in [1.165, 1.54) is 12.8 Å². The number of carbonyl (C=O) groups excluding carboxylic acids is 1. The monoisotopic (exact) mass is 330 g/mol. The number of rotatable bonds is 8. The van der Waals surface area contributed by atoms with Crippen LogP contribution in [-0.4, -0.2) is 48.2 Å². The third kappa shape index (κ3) is 6.10. The minimum atomic E-state index is -0.513. The number of allylic oxidation sites excluding steroid dienone is 1. The van der Waals surface area contributed by atoms with Gasteiger partial charge in [0.15, 0.2) is 0 Å². The van der Waals surface area contributed by atoms with Gasteiger partial charge in [-0.25, -0.2) is 0 Å². The summed E-state index contributed by atoms with van der Waals surface area (Å²) in [6, 6.07) is 9.90. The summed E-state index contributed by atoms with van der Waals surface area (Å²) in [5, 5.41) is 13.0. The third-order valence-corrected chi connectivity index (χ3v) is 4.80. The standard InChI is InChI=1S/C20H30N2O2/c1-3-17(18-7-5-4-6-8-18)13-20(24)21-14-19(23)15-22-11-9-16(2)10-12-22/h3-8,16-17,19,23H,1,9-15H2,2H3,(H,21,24). The summed E-state index contributed by atoms with van der Waals surface area (Å²) in [5.41, 5.74) is 1.09. The molecule has 4 heteroatoms. The predicted octanol–water partition coefficient (Wildman–Crippen LogP) is 2.56. The Bertz CT molecular complexity index is 510. The maximum atomic E-state index is 12.1. The van der Waals surface area contributed by atoms with E-state index in [1.54, 1.807) is 6.08 Å². The molecule has 24 heavy (non-hydrogen) atoms. The number of amides is 1. The second-order valence-corrected chi connectivity index (χ2v) is 6.90. The van der Waals surface area contributed by atoms with Gasteiger partial charge in [0.2, 0.25) is 5.91 Å². The van der Waals surface area contributed by atoms with Gasteiger partial charge in [-0.2, -0.15) is 0 Å². The maximum absolute atomic E-state index is 12.1. The lowest BCUT2D eigenvalue weighted by Crippen LogP contribution is -2.43. The van der Waals surface area contributed by atoms with E-state index in [-0.39, 0.29) is 11.8 Å². The fourth-order valence-electron chi connectivity index (χ4n) is 3.15. The minimum Gasteiger partial charge on any atom is -0.390 e. The molecule has 1 amide bonds. The number of hydrogen-bond acceptors (Lipinski definition) is 3. The van der Waals surface area contributed by atoms with Crippen LogP contribution in [0.5, 0.6) is 0 Å². The highest BCUT2D eigenvalue weighted by Crippen LogP contribution is 2.20. The first-order valence-electron chi connectivity index (χ1n) is 8.93. The molecule has 1 fully saturated rings. The summed E-state index contributed by atoms with van der Waals surface area (Å²) in [4.78, 5) is 14.4. The lowest BCUT2D eigenvalue weighted by atomic mass is 9.95. The number of piperidine rings is 1. The first-order valence-corrected chi connectivity index (χ1v) is 8.93. The number of hydrogen-bond donors (Lipinski definition) is 2. The van der Waals surface area contributed by atoms with E-state index >= 15 is 0 Å². The zero-order valence-corrected chi connectivity index (χ0v) is 14.7. The van der Waals surface area contributed by atoms with Gasteiger partial charge in [-0.05, 0) is 37.4 Å². The molecule has 1 heterocycles.